The predicted octanol–water partition coefficient (Wildman–Crippen LogP) is 1.51. The summed E-state index contributed by atoms with van der Waals surface area (Å²) in [4.78, 5) is 16.4. The van der Waals surface area contributed by atoms with Gasteiger partial charge in [-0.1, -0.05) is 13.0 Å². The Morgan fingerprint density at radius 2 is 2.24 bits per heavy atom. The lowest BCUT2D eigenvalue weighted by Crippen LogP contribution is -2.25. The second-order valence-corrected chi connectivity index (χ2v) is 4.19. The van der Waals surface area contributed by atoms with Crippen molar-refractivity contribution in [3.05, 3.63) is 40.4 Å². The molecule has 0 spiro atoms. The lowest BCUT2D eigenvalue weighted by atomic mass is 10.1. The van der Waals surface area contributed by atoms with Gasteiger partial charge in [-0.05, 0) is 31.0 Å². The average molecular weight is 232 g/mol. The van der Waals surface area contributed by atoms with Crippen LogP contribution >= 0.6 is 0 Å². The SMILES string of the molecule is CCc1ccc2ncn([C@H](C)CO)c(=O)c2c1. The number of rotatable bonds is 3. The maximum atomic E-state index is 12.2. The average Bonchev–Trinajstić information content (AvgIpc) is 2.38. The summed E-state index contributed by atoms with van der Waals surface area (Å²) in [5, 5.41) is 9.72. The fourth-order valence-electron chi connectivity index (χ4n) is 1.80. The maximum Gasteiger partial charge on any atom is 0.261 e. The van der Waals surface area contributed by atoms with E-state index in [0.717, 1.165) is 12.0 Å². The van der Waals surface area contributed by atoms with Crippen LogP contribution in [0.3, 0.4) is 0 Å². The van der Waals surface area contributed by atoms with Gasteiger partial charge < -0.3 is 5.11 Å². The molecule has 1 atom stereocenters. The number of nitrogens with zero attached hydrogens (tertiary/aromatic N) is 2. The van der Waals surface area contributed by atoms with Crippen molar-refractivity contribution in [3.63, 3.8) is 0 Å². The first-order valence-corrected chi connectivity index (χ1v) is 5.78. The summed E-state index contributed by atoms with van der Waals surface area (Å²) >= 11 is 0. The van der Waals surface area contributed by atoms with Gasteiger partial charge in [-0.25, -0.2) is 4.98 Å². The Bertz CT molecular complexity index is 589. The monoisotopic (exact) mass is 232 g/mol. The van der Waals surface area contributed by atoms with E-state index in [0.29, 0.717) is 10.9 Å². The van der Waals surface area contributed by atoms with E-state index >= 15 is 0 Å². The van der Waals surface area contributed by atoms with Gasteiger partial charge >= 0.3 is 0 Å². The van der Waals surface area contributed by atoms with Crippen molar-refractivity contribution in [1.82, 2.24) is 9.55 Å². The van der Waals surface area contributed by atoms with Crippen molar-refractivity contribution in [2.24, 2.45) is 0 Å². The predicted molar refractivity (Wildman–Crippen MR) is 67.2 cm³/mol. The number of hydrogen-bond donors (Lipinski definition) is 1. The summed E-state index contributed by atoms with van der Waals surface area (Å²) in [5.74, 6) is 0. The first-order valence-electron chi connectivity index (χ1n) is 5.78. The largest absolute Gasteiger partial charge is 0.394 e. The molecule has 0 fully saturated rings. The van der Waals surface area contributed by atoms with Crippen LogP contribution < -0.4 is 5.56 Å². The fraction of sp³-hybridized carbons (Fsp3) is 0.385. The third kappa shape index (κ3) is 2.08. The van der Waals surface area contributed by atoms with Gasteiger partial charge in [0.15, 0.2) is 0 Å². The van der Waals surface area contributed by atoms with Crippen molar-refractivity contribution in [3.8, 4) is 0 Å². The molecule has 0 amide bonds. The molecule has 4 heteroatoms. The van der Waals surface area contributed by atoms with Crippen LogP contribution in [-0.4, -0.2) is 21.3 Å². The van der Waals surface area contributed by atoms with Gasteiger partial charge in [0, 0.05) is 0 Å². The lowest BCUT2D eigenvalue weighted by Gasteiger charge is -2.12. The highest BCUT2D eigenvalue weighted by Gasteiger charge is 2.09. The van der Waals surface area contributed by atoms with E-state index in [1.54, 1.807) is 6.92 Å². The van der Waals surface area contributed by atoms with Gasteiger partial charge in [-0.2, -0.15) is 0 Å². The summed E-state index contributed by atoms with van der Waals surface area (Å²) in [6, 6.07) is 5.48. The van der Waals surface area contributed by atoms with E-state index in [9.17, 15) is 4.79 Å². The molecule has 0 aliphatic heterocycles. The minimum atomic E-state index is -0.246. The number of aliphatic hydroxyl groups is 1. The molecule has 0 aliphatic rings. The van der Waals surface area contributed by atoms with Gasteiger partial charge in [-0.3, -0.25) is 9.36 Å². The molecule has 0 bridgehead atoms. The van der Waals surface area contributed by atoms with Crippen molar-refractivity contribution >= 4 is 10.9 Å². The van der Waals surface area contributed by atoms with Gasteiger partial charge in [0.05, 0.1) is 29.9 Å². The highest BCUT2D eigenvalue weighted by molar-refractivity contribution is 5.78. The molecular formula is C13H16N2O2. The molecule has 0 saturated carbocycles. The Kier molecular flexibility index (Phi) is 3.24. The Balaban J connectivity index is 2.68. The second kappa shape index (κ2) is 4.67. The van der Waals surface area contributed by atoms with Crippen LogP contribution in [0.2, 0.25) is 0 Å². The first kappa shape index (κ1) is 11.8. The Labute approximate surface area is 99.5 Å². The van der Waals surface area contributed by atoms with Crippen LogP contribution in [0.4, 0.5) is 0 Å². The molecule has 0 aliphatic carbocycles. The summed E-state index contributed by atoms with van der Waals surface area (Å²) < 4.78 is 1.47. The quantitative estimate of drug-likeness (QED) is 0.872. The first-order chi connectivity index (χ1) is 8.17. The van der Waals surface area contributed by atoms with Crippen molar-refractivity contribution < 1.29 is 5.11 Å². The van der Waals surface area contributed by atoms with Gasteiger partial charge in [0.25, 0.3) is 5.56 Å². The van der Waals surface area contributed by atoms with Gasteiger partial charge in [-0.15, -0.1) is 0 Å². The van der Waals surface area contributed by atoms with Gasteiger partial charge in [0.1, 0.15) is 0 Å². The number of aliphatic hydroxyl groups excluding tert-OH is 1. The molecule has 0 saturated heterocycles. The number of aromatic nitrogens is 2. The van der Waals surface area contributed by atoms with E-state index in [1.165, 1.54) is 10.9 Å². The Morgan fingerprint density at radius 1 is 1.47 bits per heavy atom. The molecule has 4 nitrogen and oxygen atoms in total. The van der Waals surface area contributed by atoms with Crippen molar-refractivity contribution in [2.75, 3.05) is 6.61 Å². The van der Waals surface area contributed by atoms with Crippen LogP contribution in [0.5, 0.6) is 0 Å². The fourth-order valence-corrected chi connectivity index (χ4v) is 1.80. The molecule has 17 heavy (non-hydrogen) atoms. The molecule has 90 valence electrons. The molecular weight excluding hydrogens is 216 g/mol. The van der Waals surface area contributed by atoms with E-state index in [1.807, 2.05) is 25.1 Å². The lowest BCUT2D eigenvalue weighted by molar-refractivity contribution is 0.236. The Morgan fingerprint density at radius 3 is 2.88 bits per heavy atom. The molecule has 0 radical (unpaired) electrons. The molecule has 1 N–H and O–H groups in total. The van der Waals surface area contributed by atoms with Crippen LogP contribution in [0.25, 0.3) is 10.9 Å². The van der Waals surface area contributed by atoms with Crippen LogP contribution in [-0.2, 0) is 6.42 Å². The molecule has 2 rings (SSSR count). The summed E-state index contributed by atoms with van der Waals surface area (Å²) in [6.45, 7) is 3.77. The number of aryl methyl sites for hydroxylation is 1. The zero-order chi connectivity index (χ0) is 12.4. The molecule has 2 aromatic rings. The minimum absolute atomic E-state index is 0.0689. The van der Waals surface area contributed by atoms with Crippen molar-refractivity contribution in [2.45, 2.75) is 26.3 Å². The normalized spacial score (nSPS) is 12.9. The molecule has 1 heterocycles. The van der Waals surface area contributed by atoms with E-state index < -0.39 is 0 Å². The zero-order valence-electron chi connectivity index (χ0n) is 10.1. The van der Waals surface area contributed by atoms with E-state index in [4.69, 9.17) is 5.11 Å². The third-order valence-electron chi connectivity index (χ3n) is 2.99. The molecule has 0 unspecified atom stereocenters. The zero-order valence-corrected chi connectivity index (χ0v) is 10.1. The summed E-state index contributed by atoms with van der Waals surface area (Å²) in [7, 11) is 0. The van der Waals surface area contributed by atoms with Crippen LogP contribution in [0, 0.1) is 0 Å². The smallest absolute Gasteiger partial charge is 0.261 e. The molecule has 1 aromatic carbocycles. The Hall–Kier alpha value is -1.68. The second-order valence-electron chi connectivity index (χ2n) is 4.19. The molecule has 1 aromatic heterocycles. The summed E-state index contributed by atoms with van der Waals surface area (Å²) in [6.07, 6.45) is 2.39. The topological polar surface area (TPSA) is 55.1 Å². The standard InChI is InChI=1S/C13H16N2O2/c1-3-10-4-5-12-11(6-10)13(17)15(8-14-12)9(2)7-16/h4-6,8-9,16H,3,7H2,1-2H3/t9-/m1/s1. The minimum Gasteiger partial charge on any atom is -0.394 e. The highest BCUT2D eigenvalue weighted by atomic mass is 16.3. The van der Waals surface area contributed by atoms with Crippen molar-refractivity contribution in [1.29, 1.82) is 0 Å². The number of benzene rings is 1. The number of hydrogen-bond acceptors (Lipinski definition) is 3. The maximum absolute atomic E-state index is 12.2. The highest BCUT2D eigenvalue weighted by Crippen LogP contribution is 2.11. The third-order valence-corrected chi connectivity index (χ3v) is 2.99. The van der Waals surface area contributed by atoms with Crippen LogP contribution in [0.15, 0.2) is 29.3 Å². The number of fused-ring (bicyclic) bond motifs is 1. The van der Waals surface area contributed by atoms with E-state index in [2.05, 4.69) is 4.98 Å². The van der Waals surface area contributed by atoms with E-state index in [-0.39, 0.29) is 18.2 Å². The van der Waals surface area contributed by atoms with Crippen LogP contribution in [0.1, 0.15) is 25.5 Å². The summed E-state index contributed by atoms with van der Waals surface area (Å²) in [5.41, 5.74) is 1.73. The van der Waals surface area contributed by atoms with Gasteiger partial charge in [0.2, 0.25) is 0 Å².